The summed E-state index contributed by atoms with van der Waals surface area (Å²) in [5, 5.41) is 7.51. The fraction of sp³-hybridized carbons (Fsp3) is 0.115. The summed E-state index contributed by atoms with van der Waals surface area (Å²) < 4.78 is 11.3. The van der Waals surface area contributed by atoms with Crippen LogP contribution >= 0.6 is 0 Å². The number of H-pyrrole nitrogens is 1. The minimum Gasteiger partial charge on any atom is -0.490 e. The Kier molecular flexibility index (Phi) is 5.80. The Morgan fingerprint density at radius 1 is 1.09 bits per heavy atom. The molecule has 1 atom stereocenters. The fourth-order valence-corrected chi connectivity index (χ4v) is 3.92. The minimum atomic E-state index is -0.596. The Hall–Kier alpha value is -4.43. The van der Waals surface area contributed by atoms with Crippen LogP contribution in [0.15, 0.2) is 83.8 Å². The number of benzene rings is 2. The number of hydrogen-bond donors (Lipinski definition) is 3. The largest absolute Gasteiger partial charge is 0.490 e. The first kappa shape index (κ1) is 21.4. The van der Waals surface area contributed by atoms with Gasteiger partial charge in [0.1, 0.15) is 12.4 Å². The number of amides is 1. The van der Waals surface area contributed by atoms with Crippen molar-refractivity contribution in [3.8, 4) is 28.1 Å². The van der Waals surface area contributed by atoms with Crippen molar-refractivity contribution < 1.29 is 13.9 Å². The summed E-state index contributed by atoms with van der Waals surface area (Å²) >= 11 is 0. The minimum absolute atomic E-state index is 0.167. The third-order valence-electron chi connectivity index (χ3n) is 5.57. The number of fused-ring (bicyclic) bond motifs is 1. The number of primary amides is 1. The first-order chi connectivity index (χ1) is 16.6. The predicted molar refractivity (Wildman–Crippen MR) is 129 cm³/mol. The van der Waals surface area contributed by atoms with E-state index in [1.54, 1.807) is 18.7 Å². The standard InChI is InChI=1S/C26H23N5O3/c27-19(10-16-4-2-1-3-5-16)15-34-20-12-21(24(29-13-20)18-8-9-33-14-18)17-6-7-23-22(11-17)25(26(28)32)31-30-23/h1-9,11-14,19H,10,15,27H2,(H2,28,32)(H,30,31)/t19-/m1/s1. The highest BCUT2D eigenvalue weighted by Gasteiger charge is 2.16. The maximum atomic E-state index is 11.8. The van der Waals surface area contributed by atoms with Gasteiger partial charge in [-0.15, -0.1) is 0 Å². The van der Waals surface area contributed by atoms with E-state index in [0.717, 1.165) is 33.5 Å². The highest BCUT2D eigenvalue weighted by atomic mass is 16.5. The summed E-state index contributed by atoms with van der Waals surface area (Å²) in [6.45, 7) is 0.341. The lowest BCUT2D eigenvalue weighted by Crippen LogP contribution is -2.30. The van der Waals surface area contributed by atoms with Crippen LogP contribution in [0.1, 0.15) is 16.1 Å². The third-order valence-corrected chi connectivity index (χ3v) is 5.57. The van der Waals surface area contributed by atoms with Gasteiger partial charge < -0.3 is 20.6 Å². The number of furan rings is 1. The zero-order valence-electron chi connectivity index (χ0n) is 18.3. The molecule has 8 nitrogen and oxygen atoms in total. The zero-order chi connectivity index (χ0) is 23.5. The van der Waals surface area contributed by atoms with Crippen LogP contribution in [0.25, 0.3) is 33.3 Å². The second kappa shape index (κ2) is 9.21. The van der Waals surface area contributed by atoms with Gasteiger partial charge in [0.2, 0.25) is 0 Å². The molecule has 0 spiro atoms. The van der Waals surface area contributed by atoms with E-state index in [-0.39, 0.29) is 11.7 Å². The van der Waals surface area contributed by atoms with E-state index in [1.807, 2.05) is 60.7 Å². The van der Waals surface area contributed by atoms with Crippen molar-refractivity contribution in [2.75, 3.05) is 6.61 Å². The van der Waals surface area contributed by atoms with Gasteiger partial charge in [0.15, 0.2) is 5.69 Å². The van der Waals surface area contributed by atoms with E-state index in [1.165, 1.54) is 0 Å². The molecule has 5 N–H and O–H groups in total. The van der Waals surface area contributed by atoms with Crippen molar-refractivity contribution >= 4 is 16.8 Å². The van der Waals surface area contributed by atoms with Gasteiger partial charge in [-0.25, -0.2) is 0 Å². The molecule has 2 aromatic carbocycles. The van der Waals surface area contributed by atoms with Gasteiger partial charge in [-0.1, -0.05) is 36.4 Å². The quantitative estimate of drug-likeness (QED) is 0.326. The van der Waals surface area contributed by atoms with Crippen LogP contribution in [0.2, 0.25) is 0 Å². The molecule has 0 saturated heterocycles. The number of nitrogens with one attached hydrogen (secondary N) is 1. The Balaban J connectivity index is 1.47. The van der Waals surface area contributed by atoms with Crippen LogP contribution in [0, 0.1) is 0 Å². The smallest absolute Gasteiger partial charge is 0.269 e. The first-order valence-corrected chi connectivity index (χ1v) is 10.8. The van der Waals surface area contributed by atoms with E-state index >= 15 is 0 Å². The zero-order valence-corrected chi connectivity index (χ0v) is 18.3. The topological polar surface area (TPSA) is 133 Å². The van der Waals surface area contributed by atoms with Crippen LogP contribution in [-0.4, -0.2) is 33.7 Å². The molecular weight excluding hydrogens is 430 g/mol. The second-order valence-corrected chi connectivity index (χ2v) is 8.04. The number of aromatic nitrogens is 3. The van der Waals surface area contributed by atoms with Crippen molar-refractivity contribution in [2.24, 2.45) is 11.5 Å². The summed E-state index contributed by atoms with van der Waals surface area (Å²) in [6, 6.07) is 19.3. The maximum Gasteiger partial charge on any atom is 0.269 e. The number of nitrogens with zero attached hydrogens (tertiary/aromatic N) is 2. The number of pyridine rings is 1. The monoisotopic (exact) mass is 453 g/mol. The van der Waals surface area contributed by atoms with E-state index in [2.05, 4.69) is 15.2 Å². The number of carbonyl (C=O) groups is 1. The number of ether oxygens (including phenoxy) is 1. The van der Waals surface area contributed by atoms with Crippen molar-refractivity contribution in [1.29, 1.82) is 0 Å². The Morgan fingerprint density at radius 3 is 2.71 bits per heavy atom. The van der Waals surface area contributed by atoms with Crippen molar-refractivity contribution in [1.82, 2.24) is 15.2 Å². The van der Waals surface area contributed by atoms with E-state index < -0.39 is 5.91 Å². The van der Waals surface area contributed by atoms with Crippen molar-refractivity contribution in [3.05, 3.63) is 90.6 Å². The molecule has 170 valence electrons. The van der Waals surface area contributed by atoms with Gasteiger partial charge >= 0.3 is 0 Å². The normalized spacial score (nSPS) is 12.0. The van der Waals surface area contributed by atoms with E-state index in [9.17, 15) is 4.79 Å². The number of nitrogens with two attached hydrogens (primary N) is 2. The van der Waals surface area contributed by atoms with E-state index in [0.29, 0.717) is 24.2 Å². The fourth-order valence-electron chi connectivity index (χ4n) is 3.92. The maximum absolute atomic E-state index is 11.8. The van der Waals surface area contributed by atoms with Crippen LogP contribution in [0.3, 0.4) is 0 Å². The summed E-state index contributed by atoms with van der Waals surface area (Å²) in [5.74, 6) is -0.00533. The summed E-state index contributed by atoms with van der Waals surface area (Å²) in [5.41, 5.74) is 17.0. The lowest BCUT2D eigenvalue weighted by molar-refractivity contribution is 0.0997. The number of aromatic amines is 1. The lowest BCUT2D eigenvalue weighted by atomic mass is 9.99. The molecule has 1 amide bonds. The molecule has 8 heteroatoms. The van der Waals surface area contributed by atoms with E-state index in [4.69, 9.17) is 20.6 Å². The average molecular weight is 454 g/mol. The van der Waals surface area contributed by atoms with Gasteiger partial charge in [-0.05, 0) is 41.8 Å². The molecule has 0 bridgehead atoms. The molecule has 0 saturated carbocycles. The highest BCUT2D eigenvalue weighted by molar-refractivity contribution is 6.05. The van der Waals surface area contributed by atoms with Crippen LogP contribution in [-0.2, 0) is 6.42 Å². The summed E-state index contributed by atoms with van der Waals surface area (Å²) in [7, 11) is 0. The molecular formula is C26H23N5O3. The molecule has 3 heterocycles. The van der Waals surface area contributed by atoms with Crippen LogP contribution < -0.4 is 16.2 Å². The number of hydrogen-bond acceptors (Lipinski definition) is 6. The predicted octanol–water partition coefficient (Wildman–Crippen LogP) is 3.93. The van der Waals surface area contributed by atoms with Crippen LogP contribution in [0.5, 0.6) is 5.75 Å². The molecule has 0 aliphatic heterocycles. The Morgan fingerprint density at radius 2 is 1.94 bits per heavy atom. The molecule has 0 fully saturated rings. The van der Waals surface area contributed by atoms with Gasteiger partial charge in [0, 0.05) is 22.6 Å². The van der Waals surface area contributed by atoms with Gasteiger partial charge in [0.25, 0.3) is 5.91 Å². The van der Waals surface area contributed by atoms with Crippen molar-refractivity contribution in [2.45, 2.75) is 12.5 Å². The molecule has 3 aromatic heterocycles. The number of rotatable bonds is 8. The molecule has 5 aromatic rings. The first-order valence-electron chi connectivity index (χ1n) is 10.8. The van der Waals surface area contributed by atoms with Gasteiger partial charge in [0.05, 0.1) is 29.9 Å². The summed E-state index contributed by atoms with van der Waals surface area (Å²) in [6.07, 6.45) is 5.61. The third kappa shape index (κ3) is 4.39. The Labute approximate surface area is 195 Å². The van der Waals surface area contributed by atoms with Crippen LogP contribution in [0.4, 0.5) is 0 Å². The molecule has 0 aliphatic carbocycles. The number of carbonyl (C=O) groups excluding carboxylic acids is 1. The molecule has 5 rings (SSSR count). The molecule has 0 aliphatic rings. The summed E-state index contributed by atoms with van der Waals surface area (Å²) in [4.78, 5) is 16.4. The average Bonchev–Trinajstić information content (AvgIpc) is 3.53. The SMILES string of the molecule is NC(=O)c1n[nH]c2ccc(-c3cc(OC[C@H](N)Cc4ccccc4)cnc3-c3ccoc3)cc12. The Bertz CT molecular complexity index is 1430. The molecule has 34 heavy (non-hydrogen) atoms. The lowest BCUT2D eigenvalue weighted by Gasteiger charge is -2.15. The molecule has 0 unspecified atom stereocenters. The molecule has 0 radical (unpaired) electrons. The highest BCUT2D eigenvalue weighted by Crippen LogP contribution is 2.35. The van der Waals surface area contributed by atoms with Gasteiger partial charge in [-0.3, -0.25) is 14.9 Å². The van der Waals surface area contributed by atoms with Gasteiger partial charge in [-0.2, -0.15) is 5.10 Å². The van der Waals surface area contributed by atoms with Crippen molar-refractivity contribution in [3.63, 3.8) is 0 Å². The second-order valence-electron chi connectivity index (χ2n) is 8.04.